The molecule has 4 rings (SSSR count). The number of carbonyl (C=O) groups is 1. The average molecular weight is 442 g/mol. The van der Waals surface area contributed by atoms with Gasteiger partial charge in [-0.25, -0.2) is 9.37 Å². The van der Waals surface area contributed by atoms with Gasteiger partial charge in [-0.3, -0.25) is 9.59 Å². The molecular formula is C22H14F4N4O2. The highest BCUT2D eigenvalue weighted by molar-refractivity contribution is 6.04. The van der Waals surface area contributed by atoms with Crippen LogP contribution in [0.15, 0.2) is 71.7 Å². The van der Waals surface area contributed by atoms with Crippen LogP contribution in [0.3, 0.4) is 0 Å². The Labute approximate surface area is 177 Å². The summed E-state index contributed by atoms with van der Waals surface area (Å²) in [4.78, 5) is 30.5. The van der Waals surface area contributed by atoms with Gasteiger partial charge in [-0.2, -0.15) is 13.2 Å². The van der Waals surface area contributed by atoms with Gasteiger partial charge in [0.2, 0.25) is 5.56 Å². The second-order valence-corrected chi connectivity index (χ2v) is 6.83. The van der Waals surface area contributed by atoms with Gasteiger partial charge in [0, 0.05) is 34.6 Å². The summed E-state index contributed by atoms with van der Waals surface area (Å²) in [7, 11) is 0. The molecule has 0 saturated heterocycles. The SMILES string of the molecule is O=C(Nc1ccc(Nc2ccnc3[nH]c(=O)ccc23)cc1)c1cc(F)cc(C(F)(F)F)c1. The molecule has 0 unspecified atom stereocenters. The minimum Gasteiger partial charge on any atom is -0.355 e. The topological polar surface area (TPSA) is 86.9 Å². The number of halogens is 4. The smallest absolute Gasteiger partial charge is 0.355 e. The maximum absolute atomic E-state index is 13.5. The highest BCUT2D eigenvalue weighted by atomic mass is 19.4. The summed E-state index contributed by atoms with van der Waals surface area (Å²) < 4.78 is 52.1. The zero-order chi connectivity index (χ0) is 22.9. The summed E-state index contributed by atoms with van der Waals surface area (Å²) in [6, 6.07) is 12.7. The molecule has 0 bridgehead atoms. The summed E-state index contributed by atoms with van der Waals surface area (Å²) in [6.45, 7) is 0. The second kappa shape index (κ2) is 8.14. The number of anilines is 3. The Morgan fingerprint density at radius 2 is 1.66 bits per heavy atom. The molecule has 1 amide bonds. The first-order valence-corrected chi connectivity index (χ1v) is 9.23. The Hall–Kier alpha value is -4.21. The van der Waals surface area contributed by atoms with Crippen LogP contribution in [0.1, 0.15) is 15.9 Å². The van der Waals surface area contributed by atoms with E-state index in [9.17, 15) is 27.2 Å². The van der Waals surface area contributed by atoms with Crippen molar-refractivity contribution in [3.8, 4) is 0 Å². The van der Waals surface area contributed by atoms with Crippen LogP contribution in [0, 0.1) is 5.82 Å². The lowest BCUT2D eigenvalue weighted by Gasteiger charge is -2.11. The third kappa shape index (κ3) is 4.59. The number of amides is 1. The Balaban J connectivity index is 1.51. The quantitative estimate of drug-likeness (QED) is 0.385. The van der Waals surface area contributed by atoms with E-state index in [0.717, 1.165) is 6.07 Å². The van der Waals surface area contributed by atoms with E-state index in [0.29, 0.717) is 40.2 Å². The summed E-state index contributed by atoms with van der Waals surface area (Å²) >= 11 is 0. The highest BCUT2D eigenvalue weighted by Gasteiger charge is 2.32. The third-order valence-electron chi connectivity index (χ3n) is 4.54. The van der Waals surface area contributed by atoms with E-state index in [2.05, 4.69) is 20.6 Å². The van der Waals surface area contributed by atoms with E-state index in [1.807, 2.05) is 0 Å². The molecule has 0 aliphatic heterocycles. The van der Waals surface area contributed by atoms with Crippen molar-refractivity contribution in [2.45, 2.75) is 6.18 Å². The molecule has 32 heavy (non-hydrogen) atoms. The summed E-state index contributed by atoms with van der Waals surface area (Å²) in [5.41, 5.74) is 0.0871. The maximum atomic E-state index is 13.5. The molecule has 0 aliphatic carbocycles. The molecule has 2 heterocycles. The number of nitrogens with zero attached hydrogens (tertiary/aromatic N) is 1. The maximum Gasteiger partial charge on any atom is 0.416 e. The molecule has 6 nitrogen and oxygen atoms in total. The zero-order valence-corrected chi connectivity index (χ0v) is 16.1. The first kappa shape index (κ1) is 21.0. The molecule has 10 heteroatoms. The Bertz CT molecular complexity index is 1370. The van der Waals surface area contributed by atoms with Gasteiger partial charge in [-0.1, -0.05) is 0 Å². The Morgan fingerprint density at radius 1 is 0.938 bits per heavy atom. The lowest BCUT2D eigenvalue weighted by molar-refractivity contribution is -0.137. The first-order chi connectivity index (χ1) is 15.2. The number of pyridine rings is 2. The molecule has 0 fully saturated rings. The lowest BCUT2D eigenvalue weighted by Crippen LogP contribution is -2.14. The fourth-order valence-corrected chi connectivity index (χ4v) is 3.05. The van der Waals surface area contributed by atoms with Gasteiger partial charge >= 0.3 is 6.18 Å². The van der Waals surface area contributed by atoms with Gasteiger partial charge in [0.1, 0.15) is 11.5 Å². The number of rotatable bonds is 4. The number of H-pyrrole nitrogens is 1. The molecule has 3 N–H and O–H groups in total. The number of alkyl halides is 3. The molecule has 0 saturated carbocycles. The number of aromatic amines is 1. The van der Waals surface area contributed by atoms with Crippen molar-refractivity contribution in [1.29, 1.82) is 0 Å². The van der Waals surface area contributed by atoms with Gasteiger partial charge in [0.15, 0.2) is 0 Å². The van der Waals surface area contributed by atoms with Crippen molar-refractivity contribution in [1.82, 2.24) is 9.97 Å². The van der Waals surface area contributed by atoms with E-state index in [4.69, 9.17) is 0 Å². The van der Waals surface area contributed by atoms with Crippen LogP contribution in [0.4, 0.5) is 34.6 Å². The lowest BCUT2D eigenvalue weighted by atomic mass is 10.1. The average Bonchev–Trinajstić information content (AvgIpc) is 2.74. The molecule has 2 aromatic heterocycles. The van der Waals surface area contributed by atoms with Gasteiger partial charge in [-0.15, -0.1) is 0 Å². The van der Waals surface area contributed by atoms with Gasteiger partial charge in [0.05, 0.1) is 11.3 Å². The molecule has 2 aromatic carbocycles. The third-order valence-corrected chi connectivity index (χ3v) is 4.54. The number of nitrogens with one attached hydrogen (secondary N) is 3. The number of hydrogen-bond donors (Lipinski definition) is 3. The summed E-state index contributed by atoms with van der Waals surface area (Å²) in [5, 5.41) is 6.29. The summed E-state index contributed by atoms with van der Waals surface area (Å²) in [6.07, 6.45) is -3.24. The standard InChI is InChI=1S/C22H14F4N4O2/c23-14-10-12(9-13(11-14)22(24,25)26)21(32)29-16-3-1-15(2-4-16)28-18-7-8-27-20-17(18)5-6-19(31)30-20/h1-11H,(H,29,32)(H2,27,28,30,31). The van der Waals surface area contributed by atoms with Crippen molar-refractivity contribution in [2.75, 3.05) is 10.6 Å². The second-order valence-electron chi connectivity index (χ2n) is 6.83. The first-order valence-electron chi connectivity index (χ1n) is 9.23. The minimum atomic E-state index is -4.77. The van der Waals surface area contributed by atoms with Crippen LogP contribution in [0.2, 0.25) is 0 Å². The molecule has 0 radical (unpaired) electrons. The highest BCUT2D eigenvalue weighted by Crippen LogP contribution is 2.31. The molecule has 0 spiro atoms. The molecule has 4 aromatic rings. The molecular weight excluding hydrogens is 428 g/mol. The van der Waals surface area contributed by atoms with Crippen LogP contribution < -0.4 is 16.2 Å². The fraction of sp³-hybridized carbons (Fsp3) is 0.0455. The molecule has 162 valence electrons. The predicted molar refractivity (Wildman–Crippen MR) is 111 cm³/mol. The number of fused-ring (bicyclic) bond motifs is 1. The number of benzene rings is 2. The van der Waals surface area contributed by atoms with E-state index in [-0.39, 0.29) is 5.56 Å². The number of carbonyl (C=O) groups excluding carboxylic acids is 1. The van der Waals surface area contributed by atoms with Gasteiger partial charge < -0.3 is 15.6 Å². The van der Waals surface area contributed by atoms with Crippen LogP contribution in [0.25, 0.3) is 11.0 Å². The van der Waals surface area contributed by atoms with E-state index in [1.165, 1.54) is 24.4 Å². The monoisotopic (exact) mass is 442 g/mol. The fourth-order valence-electron chi connectivity index (χ4n) is 3.05. The molecule has 0 aliphatic rings. The van der Waals surface area contributed by atoms with E-state index >= 15 is 0 Å². The zero-order valence-electron chi connectivity index (χ0n) is 16.1. The van der Waals surface area contributed by atoms with Crippen molar-refractivity contribution >= 4 is 34.0 Å². The van der Waals surface area contributed by atoms with Crippen molar-refractivity contribution in [3.63, 3.8) is 0 Å². The van der Waals surface area contributed by atoms with Gasteiger partial charge in [0.25, 0.3) is 5.91 Å². The Kier molecular flexibility index (Phi) is 5.35. The van der Waals surface area contributed by atoms with E-state index < -0.39 is 29.0 Å². The minimum absolute atomic E-state index is 0.275. The number of aromatic nitrogens is 2. The van der Waals surface area contributed by atoms with Crippen LogP contribution in [0.5, 0.6) is 0 Å². The van der Waals surface area contributed by atoms with E-state index in [1.54, 1.807) is 24.3 Å². The normalized spacial score (nSPS) is 11.4. The van der Waals surface area contributed by atoms with Crippen molar-refractivity contribution in [2.24, 2.45) is 0 Å². The van der Waals surface area contributed by atoms with Crippen molar-refractivity contribution < 1.29 is 22.4 Å². The van der Waals surface area contributed by atoms with Crippen molar-refractivity contribution in [3.05, 3.63) is 94.2 Å². The number of hydrogen-bond acceptors (Lipinski definition) is 4. The largest absolute Gasteiger partial charge is 0.416 e. The summed E-state index contributed by atoms with van der Waals surface area (Å²) in [5.74, 6) is -2.03. The molecule has 0 atom stereocenters. The predicted octanol–water partition coefficient (Wildman–Crippen LogP) is 5.08. The Morgan fingerprint density at radius 3 is 2.38 bits per heavy atom. The van der Waals surface area contributed by atoms with Crippen LogP contribution >= 0.6 is 0 Å². The van der Waals surface area contributed by atoms with Crippen LogP contribution in [-0.2, 0) is 6.18 Å². The van der Waals surface area contributed by atoms with Crippen LogP contribution in [-0.4, -0.2) is 15.9 Å². The van der Waals surface area contributed by atoms with Gasteiger partial charge in [-0.05, 0) is 54.6 Å².